The molecule has 1 aliphatic heterocycles. The van der Waals surface area contributed by atoms with Gasteiger partial charge in [0, 0.05) is 25.0 Å². The number of nitrogen functional groups attached to an aromatic ring is 1. The summed E-state index contributed by atoms with van der Waals surface area (Å²) in [5, 5.41) is 3.05. The molecule has 0 bridgehead atoms. The van der Waals surface area contributed by atoms with Crippen LogP contribution in [0.5, 0.6) is 0 Å². The normalized spacial score (nSPS) is 20.7. The molecule has 2 rings (SSSR count). The van der Waals surface area contributed by atoms with Gasteiger partial charge in [-0.05, 0) is 24.7 Å². The number of aryl methyl sites for hydroxylation is 1. The highest BCUT2D eigenvalue weighted by atomic mass is 32.2. The van der Waals surface area contributed by atoms with E-state index >= 15 is 0 Å². The van der Waals surface area contributed by atoms with Gasteiger partial charge in [0.05, 0.1) is 5.69 Å². The van der Waals surface area contributed by atoms with E-state index in [1.54, 1.807) is 16.8 Å². The van der Waals surface area contributed by atoms with Crippen LogP contribution in [0.3, 0.4) is 0 Å². The molecule has 1 atom stereocenters. The van der Waals surface area contributed by atoms with Gasteiger partial charge >= 0.3 is 0 Å². The maximum absolute atomic E-state index is 12.0. The number of hydrogen-bond donors (Lipinski definition) is 2. The number of anilines is 1. The topological polar surface area (TPSA) is 60.0 Å². The van der Waals surface area contributed by atoms with Gasteiger partial charge in [0.1, 0.15) is 5.69 Å². The van der Waals surface area contributed by atoms with Gasteiger partial charge in [-0.3, -0.25) is 4.79 Å². The molecule has 0 aromatic carbocycles. The van der Waals surface area contributed by atoms with Crippen molar-refractivity contribution in [3.05, 3.63) is 18.0 Å². The summed E-state index contributed by atoms with van der Waals surface area (Å²) in [5.41, 5.74) is 6.91. The predicted molar refractivity (Wildman–Crippen MR) is 67.6 cm³/mol. The molecule has 0 aliphatic carbocycles. The molecule has 1 aromatic heterocycles. The van der Waals surface area contributed by atoms with E-state index in [2.05, 4.69) is 5.32 Å². The minimum Gasteiger partial charge on any atom is -0.397 e. The first kappa shape index (κ1) is 11.4. The SMILES string of the molecule is Cn1cc(N)cc1C(=O)NC1CCCSC1. The zero-order valence-electron chi connectivity index (χ0n) is 9.40. The smallest absolute Gasteiger partial charge is 0.268 e. The quantitative estimate of drug-likeness (QED) is 0.816. The van der Waals surface area contributed by atoms with Gasteiger partial charge < -0.3 is 15.6 Å². The molecule has 5 heteroatoms. The molecule has 0 radical (unpaired) electrons. The summed E-state index contributed by atoms with van der Waals surface area (Å²) in [7, 11) is 1.83. The number of amides is 1. The molecule has 1 fully saturated rings. The molecule has 0 spiro atoms. The Morgan fingerprint density at radius 2 is 2.50 bits per heavy atom. The zero-order chi connectivity index (χ0) is 11.5. The van der Waals surface area contributed by atoms with Crippen LogP contribution in [0.25, 0.3) is 0 Å². The van der Waals surface area contributed by atoms with Crippen molar-refractivity contribution < 1.29 is 4.79 Å². The van der Waals surface area contributed by atoms with E-state index in [1.807, 2.05) is 18.8 Å². The van der Waals surface area contributed by atoms with E-state index in [-0.39, 0.29) is 5.91 Å². The van der Waals surface area contributed by atoms with Gasteiger partial charge in [-0.2, -0.15) is 11.8 Å². The van der Waals surface area contributed by atoms with Crippen LogP contribution in [0.2, 0.25) is 0 Å². The predicted octanol–water partition coefficient (Wildman–Crippen LogP) is 1.23. The number of nitrogens with one attached hydrogen (secondary N) is 1. The molecule has 1 aromatic rings. The Bertz CT molecular complexity index is 383. The Morgan fingerprint density at radius 1 is 1.69 bits per heavy atom. The van der Waals surface area contributed by atoms with E-state index in [4.69, 9.17) is 5.73 Å². The van der Waals surface area contributed by atoms with E-state index in [0.717, 1.165) is 12.2 Å². The first-order chi connectivity index (χ1) is 7.66. The molecular formula is C11H17N3OS. The third kappa shape index (κ3) is 2.52. The largest absolute Gasteiger partial charge is 0.397 e. The summed E-state index contributed by atoms with van der Waals surface area (Å²) < 4.78 is 1.76. The van der Waals surface area contributed by atoms with Gasteiger partial charge in [-0.1, -0.05) is 0 Å². The molecule has 1 saturated heterocycles. The number of nitrogens with zero attached hydrogens (tertiary/aromatic N) is 1. The van der Waals surface area contributed by atoms with Crippen LogP contribution in [-0.4, -0.2) is 28.0 Å². The Kier molecular flexibility index (Phi) is 3.43. The number of hydrogen-bond acceptors (Lipinski definition) is 3. The average molecular weight is 239 g/mol. The van der Waals surface area contributed by atoms with Crippen molar-refractivity contribution >= 4 is 23.4 Å². The van der Waals surface area contributed by atoms with Crippen LogP contribution in [-0.2, 0) is 7.05 Å². The highest BCUT2D eigenvalue weighted by Gasteiger charge is 2.18. The number of carbonyl (C=O) groups excluding carboxylic acids is 1. The molecular weight excluding hydrogens is 222 g/mol. The fourth-order valence-electron chi connectivity index (χ4n) is 1.93. The summed E-state index contributed by atoms with van der Waals surface area (Å²) in [4.78, 5) is 12.0. The highest BCUT2D eigenvalue weighted by Crippen LogP contribution is 2.17. The van der Waals surface area contributed by atoms with Crippen LogP contribution < -0.4 is 11.1 Å². The van der Waals surface area contributed by atoms with Crippen LogP contribution >= 0.6 is 11.8 Å². The third-order valence-corrected chi connectivity index (χ3v) is 3.97. The van der Waals surface area contributed by atoms with Gasteiger partial charge in [0.25, 0.3) is 5.91 Å². The van der Waals surface area contributed by atoms with Crippen LogP contribution in [0.4, 0.5) is 5.69 Å². The van der Waals surface area contributed by atoms with Crippen molar-refractivity contribution in [2.45, 2.75) is 18.9 Å². The van der Waals surface area contributed by atoms with Crippen molar-refractivity contribution in [3.63, 3.8) is 0 Å². The fraction of sp³-hybridized carbons (Fsp3) is 0.545. The van der Waals surface area contributed by atoms with Crippen molar-refractivity contribution in [3.8, 4) is 0 Å². The first-order valence-electron chi connectivity index (χ1n) is 5.47. The second-order valence-electron chi connectivity index (χ2n) is 4.16. The van der Waals surface area contributed by atoms with Crippen LogP contribution in [0, 0.1) is 0 Å². The molecule has 1 aliphatic rings. The first-order valence-corrected chi connectivity index (χ1v) is 6.63. The van der Waals surface area contributed by atoms with Crippen LogP contribution in [0.1, 0.15) is 23.3 Å². The van der Waals surface area contributed by atoms with Crippen molar-refractivity contribution in [1.29, 1.82) is 0 Å². The fourth-order valence-corrected chi connectivity index (χ4v) is 3.00. The Morgan fingerprint density at radius 3 is 3.06 bits per heavy atom. The summed E-state index contributed by atoms with van der Waals surface area (Å²) in [5.74, 6) is 2.21. The Hall–Kier alpha value is -1.10. The number of aromatic nitrogens is 1. The molecule has 1 amide bonds. The summed E-state index contributed by atoms with van der Waals surface area (Å²) in [6.45, 7) is 0. The molecule has 1 unspecified atom stereocenters. The maximum atomic E-state index is 12.0. The van der Waals surface area contributed by atoms with Crippen molar-refractivity contribution in [2.24, 2.45) is 7.05 Å². The van der Waals surface area contributed by atoms with Gasteiger partial charge in [0.15, 0.2) is 0 Å². The second-order valence-corrected chi connectivity index (χ2v) is 5.31. The van der Waals surface area contributed by atoms with E-state index in [9.17, 15) is 4.79 Å². The minimum absolute atomic E-state index is 0.0216. The Labute approximate surface area is 99.6 Å². The van der Waals surface area contributed by atoms with Gasteiger partial charge in [-0.25, -0.2) is 0 Å². The number of carbonyl (C=O) groups is 1. The molecule has 2 heterocycles. The zero-order valence-corrected chi connectivity index (χ0v) is 10.2. The number of rotatable bonds is 2. The molecule has 88 valence electrons. The lowest BCUT2D eigenvalue weighted by molar-refractivity contribution is 0.0930. The lowest BCUT2D eigenvalue weighted by Gasteiger charge is -2.22. The van der Waals surface area contributed by atoms with Crippen LogP contribution in [0.15, 0.2) is 12.3 Å². The lowest BCUT2D eigenvalue weighted by atomic mass is 10.2. The molecule has 0 saturated carbocycles. The van der Waals surface area contributed by atoms with Crippen molar-refractivity contribution in [1.82, 2.24) is 9.88 Å². The molecule has 4 nitrogen and oxygen atoms in total. The lowest BCUT2D eigenvalue weighted by Crippen LogP contribution is -2.39. The molecule has 3 N–H and O–H groups in total. The van der Waals surface area contributed by atoms with Gasteiger partial charge in [-0.15, -0.1) is 0 Å². The summed E-state index contributed by atoms with van der Waals surface area (Å²) in [6, 6.07) is 2.02. The van der Waals surface area contributed by atoms with E-state index in [1.165, 1.54) is 12.2 Å². The average Bonchev–Trinajstić information content (AvgIpc) is 2.59. The summed E-state index contributed by atoms with van der Waals surface area (Å²) in [6.07, 6.45) is 4.02. The maximum Gasteiger partial charge on any atom is 0.268 e. The Balaban J connectivity index is 1.99. The van der Waals surface area contributed by atoms with E-state index < -0.39 is 0 Å². The highest BCUT2D eigenvalue weighted by molar-refractivity contribution is 7.99. The third-order valence-electron chi connectivity index (χ3n) is 2.75. The summed E-state index contributed by atoms with van der Waals surface area (Å²) >= 11 is 1.90. The van der Waals surface area contributed by atoms with Gasteiger partial charge in [0.2, 0.25) is 0 Å². The minimum atomic E-state index is -0.0216. The van der Waals surface area contributed by atoms with E-state index in [0.29, 0.717) is 17.4 Å². The van der Waals surface area contributed by atoms with Crippen molar-refractivity contribution in [2.75, 3.05) is 17.2 Å². The number of nitrogens with two attached hydrogens (primary N) is 1. The second kappa shape index (κ2) is 4.82. The standard InChI is InChI=1S/C11H17N3OS/c1-14-6-8(12)5-10(14)11(15)13-9-3-2-4-16-7-9/h5-6,9H,2-4,7,12H2,1H3,(H,13,15). The monoisotopic (exact) mass is 239 g/mol. The number of thioether (sulfide) groups is 1. The molecule has 16 heavy (non-hydrogen) atoms.